The van der Waals surface area contributed by atoms with Crippen LogP contribution in [0.15, 0.2) is 186 Å². The van der Waals surface area contributed by atoms with Crippen LogP contribution in [-0.2, 0) is 0 Å². The summed E-state index contributed by atoms with van der Waals surface area (Å²) in [5, 5.41) is 4.59. The zero-order valence-corrected chi connectivity index (χ0v) is 31.2. The molecule has 0 bridgehead atoms. The number of para-hydroxylation sites is 1. The quantitative estimate of drug-likeness (QED) is 0.163. The number of thiophene rings is 1. The van der Waals surface area contributed by atoms with E-state index in [1.54, 1.807) is 0 Å². The molecule has 0 saturated carbocycles. The molecule has 0 aliphatic carbocycles. The largest absolute Gasteiger partial charge is 0.456 e. The molecule has 0 saturated heterocycles. The van der Waals surface area contributed by atoms with E-state index in [0.717, 1.165) is 66.8 Å². The van der Waals surface area contributed by atoms with E-state index in [0.29, 0.717) is 17.5 Å². The SMILES string of the molecule is c1c(-c2ccc3c(c2)oc2cc(-c4nc(-c5ccccc5)nc(-c5ccccc5)n4)ccc23)ccc(N(c2ccccc2)c2ccc3sc4ccccc4c3c2)c#1. The predicted molar refractivity (Wildman–Crippen MR) is 234 cm³/mol. The number of benzene rings is 7. The number of aromatic nitrogens is 3. The number of nitrogens with zero attached hydrogens (tertiary/aromatic N) is 4. The van der Waals surface area contributed by atoms with Gasteiger partial charge in [0.15, 0.2) is 17.5 Å². The van der Waals surface area contributed by atoms with Crippen LogP contribution in [0.5, 0.6) is 0 Å². The van der Waals surface area contributed by atoms with Crippen LogP contribution in [0.25, 0.3) is 87.4 Å². The van der Waals surface area contributed by atoms with E-state index >= 15 is 0 Å². The first-order valence-corrected chi connectivity index (χ1v) is 19.6. The van der Waals surface area contributed by atoms with Crippen molar-refractivity contribution in [2.24, 2.45) is 0 Å². The fraction of sp³-hybridized carbons (Fsp3) is 0. The molecule has 0 unspecified atom stereocenters. The Morgan fingerprint density at radius 2 is 0.982 bits per heavy atom. The Labute approximate surface area is 332 Å². The van der Waals surface area contributed by atoms with E-state index in [9.17, 15) is 0 Å². The number of rotatable bonds is 7. The zero-order valence-electron chi connectivity index (χ0n) is 30.4. The van der Waals surface area contributed by atoms with Crippen LogP contribution >= 0.6 is 11.3 Å². The van der Waals surface area contributed by atoms with Gasteiger partial charge in [0.1, 0.15) is 11.2 Å². The van der Waals surface area contributed by atoms with Gasteiger partial charge in [-0.25, -0.2) is 15.0 Å². The van der Waals surface area contributed by atoms with Crippen LogP contribution in [0.2, 0.25) is 0 Å². The van der Waals surface area contributed by atoms with Gasteiger partial charge in [0.25, 0.3) is 0 Å². The number of anilines is 3. The Morgan fingerprint density at radius 3 is 1.65 bits per heavy atom. The molecule has 6 heteroatoms. The average Bonchev–Trinajstić information content (AvgIpc) is 3.85. The highest BCUT2D eigenvalue weighted by Crippen LogP contribution is 2.41. The van der Waals surface area contributed by atoms with Gasteiger partial charge >= 0.3 is 0 Å². The lowest BCUT2D eigenvalue weighted by atomic mass is 10.0. The van der Waals surface area contributed by atoms with Crippen LogP contribution in [0, 0.1) is 12.1 Å². The summed E-state index contributed by atoms with van der Waals surface area (Å²) in [6.07, 6.45) is 0. The summed E-state index contributed by atoms with van der Waals surface area (Å²) < 4.78 is 9.11. The molecule has 0 radical (unpaired) electrons. The number of furan rings is 1. The van der Waals surface area contributed by atoms with Gasteiger partial charge in [-0.15, -0.1) is 11.3 Å². The fourth-order valence-electron chi connectivity index (χ4n) is 7.55. The molecule has 11 rings (SSSR count). The summed E-state index contributed by atoms with van der Waals surface area (Å²) in [5.41, 5.74) is 9.24. The molecular formula is C51H30N4OS. The highest BCUT2D eigenvalue weighted by Gasteiger charge is 2.17. The van der Waals surface area contributed by atoms with E-state index in [4.69, 9.17) is 19.4 Å². The molecule has 0 aliphatic rings. The van der Waals surface area contributed by atoms with Crippen LogP contribution in [-0.4, -0.2) is 15.0 Å². The van der Waals surface area contributed by atoms with Crippen molar-refractivity contribution in [2.45, 2.75) is 0 Å². The lowest BCUT2D eigenvalue weighted by Crippen LogP contribution is -2.09. The van der Waals surface area contributed by atoms with E-state index < -0.39 is 0 Å². The molecule has 3 aromatic heterocycles. The van der Waals surface area contributed by atoms with Crippen molar-refractivity contribution < 1.29 is 4.42 Å². The van der Waals surface area contributed by atoms with Gasteiger partial charge in [0.05, 0.1) is 5.69 Å². The molecule has 0 amide bonds. The zero-order chi connectivity index (χ0) is 37.7. The van der Waals surface area contributed by atoms with Crippen molar-refractivity contribution in [3.8, 4) is 45.3 Å². The van der Waals surface area contributed by atoms with Crippen molar-refractivity contribution >= 4 is 70.5 Å². The molecule has 266 valence electrons. The van der Waals surface area contributed by atoms with E-state index in [1.165, 1.54) is 20.2 Å². The average molecular weight is 747 g/mol. The lowest BCUT2D eigenvalue weighted by Gasteiger charge is -2.24. The van der Waals surface area contributed by atoms with Crippen LogP contribution < -0.4 is 4.90 Å². The van der Waals surface area contributed by atoms with E-state index in [-0.39, 0.29) is 0 Å². The summed E-state index contributed by atoms with van der Waals surface area (Å²) in [6, 6.07) is 69.5. The summed E-state index contributed by atoms with van der Waals surface area (Å²) in [7, 11) is 0. The molecule has 0 spiro atoms. The van der Waals surface area contributed by atoms with Crippen molar-refractivity contribution in [3.05, 3.63) is 194 Å². The molecule has 0 N–H and O–H groups in total. The summed E-state index contributed by atoms with van der Waals surface area (Å²) in [4.78, 5) is 16.9. The summed E-state index contributed by atoms with van der Waals surface area (Å²) >= 11 is 1.83. The maximum absolute atomic E-state index is 6.54. The van der Waals surface area contributed by atoms with E-state index in [1.807, 2.05) is 84.1 Å². The number of hydrogen-bond acceptors (Lipinski definition) is 6. The molecular weight excluding hydrogens is 717 g/mol. The fourth-order valence-corrected chi connectivity index (χ4v) is 8.64. The number of fused-ring (bicyclic) bond motifs is 6. The van der Waals surface area contributed by atoms with Gasteiger partial charge in [0.2, 0.25) is 0 Å². The van der Waals surface area contributed by atoms with Gasteiger partial charge in [-0.3, -0.25) is 0 Å². The second kappa shape index (κ2) is 13.6. The molecule has 0 atom stereocenters. The van der Waals surface area contributed by atoms with Gasteiger partial charge in [-0.1, -0.05) is 115 Å². The van der Waals surface area contributed by atoms with Gasteiger partial charge in [-0.2, -0.15) is 0 Å². The number of hydrogen-bond donors (Lipinski definition) is 0. The van der Waals surface area contributed by atoms with Gasteiger partial charge in [-0.05, 0) is 84.4 Å². The molecule has 5 nitrogen and oxygen atoms in total. The van der Waals surface area contributed by atoms with Gasteiger partial charge < -0.3 is 9.32 Å². The Hall–Kier alpha value is -7.59. The highest BCUT2D eigenvalue weighted by molar-refractivity contribution is 7.25. The molecule has 8 aromatic carbocycles. The predicted octanol–water partition coefficient (Wildman–Crippen LogP) is 13.9. The standard InChI is InChI=1S/C51H30N4OS/c1-4-12-34(13-5-1)49-52-50(35-14-6-2-7-15-35)54-51(53-49)37-23-28-42-41-27-22-36(30-45(41)56-46(42)31-37)33-20-24-39(25-21-33)55(38-16-8-3-9-17-38)40-26-29-48-44(32-40)43-18-10-11-19-47(43)57-48/h1-20,22-24,26-32H. The first-order chi connectivity index (χ1) is 28.2. The minimum atomic E-state index is 0.587. The summed E-state index contributed by atoms with van der Waals surface area (Å²) in [5.74, 6) is 1.83. The third-order valence-electron chi connectivity index (χ3n) is 10.3. The Morgan fingerprint density at radius 1 is 0.404 bits per heavy atom. The molecule has 11 aromatic rings. The van der Waals surface area contributed by atoms with Crippen molar-refractivity contribution in [1.82, 2.24) is 15.0 Å². The normalized spacial score (nSPS) is 11.4. The second-order valence-electron chi connectivity index (χ2n) is 13.9. The van der Waals surface area contributed by atoms with Crippen molar-refractivity contribution in [3.63, 3.8) is 0 Å². The Balaban J connectivity index is 0.944. The minimum Gasteiger partial charge on any atom is -0.456 e. The van der Waals surface area contributed by atoms with Crippen molar-refractivity contribution in [2.75, 3.05) is 4.90 Å². The first-order valence-electron chi connectivity index (χ1n) is 18.8. The maximum atomic E-state index is 6.54. The summed E-state index contributed by atoms with van der Waals surface area (Å²) in [6.45, 7) is 0. The second-order valence-corrected chi connectivity index (χ2v) is 15.0. The lowest BCUT2D eigenvalue weighted by molar-refractivity contribution is 0.669. The third kappa shape index (κ3) is 5.95. The van der Waals surface area contributed by atoms with Crippen LogP contribution in [0.3, 0.4) is 0 Å². The minimum absolute atomic E-state index is 0.587. The van der Waals surface area contributed by atoms with Crippen LogP contribution in [0.1, 0.15) is 0 Å². The van der Waals surface area contributed by atoms with E-state index in [2.05, 4.69) is 126 Å². The van der Waals surface area contributed by atoms with Crippen molar-refractivity contribution in [1.29, 1.82) is 0 Å². The first kappa shape index (κ1) is 32.8. The smallest absolute Gasteiger partial charge is 0.164 e. The third-order valence-corrected chi connectivity index (χ3v) is 11.5. The topological polar surface area (TPSA) is 55.1 Å². The molecule has 3 heterocycles. The molecule has 0 fully saturated rings. The van der Waals surface area contributed by atoms with Crippen LogP contribution in [0.4, 0.5) is 17.1 Å². The highest BCUT2D eigenvalue weighted by atomic mass is 32.1. The molecule has 57 heavy (non-hydrogen) atoms. The Bertz CT molecular complexity index is 3170. The maximum Gasteiger partial charge on any atom is 0.164 e. The van der Waals surface area contributed by atoms with Gasteiger partial charge in [0, 0.05) is 64.6 Å². The Kier molecular flexibility index (Phi) is 7.83. The molecule has 0 aliphatic heterocycles. The monoisotopic (exact) mass is 746 g/mol.